The molecule has 0 unspecified atom stereocenters. The summed E-state index contributed by atoms with van der Waals surface area (Å²) in [6.45, 7) is 0.244. The number of halogens is 3. The van der Waals surface area contributed by atoms with Gasteiger partial charge in [0.2, 0.25) is 0 Å². The van der Waals surface area contributed by atoms with Crippen LogP contribution < -0.4 is 19.6 Å². The van der Waals surface area contributed by atoms with Crippen molar-refractivity contribution in [3.8, 4) is 5.75 Å². The molecule has 5 aromatic rings. The fraction of sp³-hybridized carbons (Fsp3) is 0.118. The molecule has 0 saturated heterocycles. The van der Waals surface area contributed by atoms with Crippen molar-refractivity contribution in [3.63, 3.8) is 0 Å². The maximum absolute atomic E-state index is 14.5. The minimum atomic E-state index is -0.444. The zero-order valence-corrected chi connectivity index (χ0v) is 24.5. The van der Waals surface area contributed by atoms with Gasteiger partial charge in [-0.1, -0.05) is 95.2 Å². The molecule has 0 N–H and O–H groups in total. The van der Waals surface area contributed by atoms with Crippen LogP contribution in [0.4, 0.5) is 4.39 Å². The van der Waals surface area contributed by atoms with E-state index < -0.39 is 6.04 Å². The number of aromatic nitrogens is 1. The third kappa shape index (κ3) is 4.90. The fourth-order valence-electron chi connectivity index (χ4n) is 5.67. The molecule has 0 bridgehead atoms. The first-order valence-electron chi connectivity index (χ1n) is 13.5. The molecule has 208 valence electrons. The number of nitrogens with zero attached hydrogens (tertiary/aromatic N) is 2. The van der Waals surface area contributed by atoms with E-state index in [1.165, 1.54) is 29.0 Å². The summed E-state index contributed by atoms with van der Waals surface area (Å²) >= 11 is 13.7. The van der Waals surface area contributed by atoms with Crippen molar-refractivity contribution < 1.29 is 9.13 Å². The molecule has 7 rings (SSSR count). The van der Waals surface area contributed by atoms with E-state index in [9.17, 15) is 9.18 Å². The zero-order chi connectivity index (χ0) is 28.8. The summed E-state index contributed by atoms with van der Waals surface area (Å²) in [5.74, 6) is 0.279. The molecule has 4 nitrogen and oxygen atoms in total. The normalized spacial score (nSPS) is 16.0. The molecule has 1 aliphatic carbocycles. The molecule has 0 saturated carbocycles. The number of para-hydroxylation sites is 1. The van der Waals surface area contributed by atoms with Crippen LogP contribution in [0.1, 0.15) is 40.3 Å². The minimum Gasteiger partial charge on any atom is -0.488 e. The van der Waals surface area contributed by atoms with Gasteiger partial charge in [0.05, 0.1) is 16.3 Å². The average molecular weight is 614 g/mol. The standard InChI is InChI=1S/C34H23Cl2FN2O2S/c35-24-14-12-23(28(36)18-24)19-41-29-11-4-2-7-21(29)17-30-33(40)39-32(22-8-5-9-25(37)16-22)27-15-13-20-6-1-3-10-26(20)31(27)38-34(39)42-30/h1-12,14,16-18,32H,13,15,19H2/b30-17-/t32-/m0/s1. The van der Waals surface area contributed by atoms with Crippen LogP contribution in [0.15, 0.2) is 106 Å². The number of aryl methyl sites for hydroxylation is 1. The SMILES string of the molecule is O=c1/c(=C/c2ccccc2OCc2ccc(Cl)cc2Cl)sc2n1[C@@H](c1cccc(F)c1)C1=C(N=2)c2ccccc2CC1. The highest BCUT2D eigenvalue weighted by Gasteiger charge is 2.32. The predicted octanol–water partition coefficient (Wildman–Crippen LogP) is 7.34. The molecular weight excluding hydrogens is 590 g/mol. The third-order valence-electron chi connectivity index (χ3n) is 7.64. The van der Waals surface area contributed by atoms with Gasteiger partial charge in [-0.2, -0.15) is 0 Å². The van der Waals surface area contributed by atoms with Crippen LogP contribution in [0.2, 0.25) is 10.0 Å². The van der Waals surface area contributed by atoms with Gasteiger partial charge in [0.25, 0.3) is 5.56 Å². The number of ether oxygens (including phenoxy) is 1. The van der Waals surface area contributed by atoms with Crippen LogP contribution >= 0.6 is 34.5 Å². The Morgan fingerprint density at radius 3 is 2.67 bits per heavy atom. The summed E-state index contributed by atoms with van der Waals surface area (Å²) in [5.41, 5.74) is 6.31. The van der Waals surface area contributed by atoms with Crippen LogP contribution in [0.3, 0.4) is 0 Å². The Kier molecular flexibility index (Phi) is 7.06. The molecule has 0 spiro atoms. The molecule has 0 radical (unpaired) electrons. The lowest BCUT2D eigenvalue weighted by Crippen LogP contribution is -2.38. The lowest BCUT2D eigenvalue weighted by Gasteiger charge is -2.30. The van der Waals surface area contributed by atoms with E-state index >= 15 is 0 Å². The van der Waals surface area contributed by atoms with Gasteiger partial charge in [0.15, 0.2) is 4.80 Å². The van der Waals surface area contributed by atoms with E-state index in [1.807, 2.05) is 54.6 Å². The molecule has 2 aliphatic rings. The zero-order valence-electron chi connectivity index (χ0n) is 22.2. The maximum Gasteiger partial charge on any atom is 0.271 e. The quantitative estimate of drug-likeness (QED) is 0.208. The molecule has 1 aliphatic heterocycles. The maximum atomic E-state index is 14.5. The second kappa shape index (κ2) is 11.0. The number of thiazole rings is 1. The van der Waals surface area contributed by atoms with Crippen molar-refractivity contribution in [1.82, 2.24) is 4.57 Å². The number of fused-ring (bicyclic) bond motifs is 3. The fourth-order valence-corrected chi connectivity index (χ4v) is 7.12. The Balaban J connectivity index is 1.35. The topological polar surface area (TPSA) is 43.6 Å². The summed E-state index contributed by atoms with van der Waals surface area (Å²) in [5, 5.41) is 1.08. The van der Waals surface area contributed by atoms with Gasteiger partial charge in [0.1, 0.15) is 18.2 Å². The van der Waals surface area contributed by atoms with E-state index in [1.54, 1.807) is 22.8 Å². The van der Waals surface area contributed by atoms with Gasteiger partial charge in [-0.15, -0.1) is 0 Å². The molecule has 1 atom stereocenters. The first-order valence-corrected chi connectivity index (χ1v) is 15.1. The first-order chi connectivity index (χ1) is 20.5. The van der Waals surface area contributed by atoms with Crippen LogP contribution in [-0.2, 0) is 13.0 Å². The van der Waals surface area contributed by atoms with Crippen LogP contribution in [0.5, 0.6) is 5.75 Å². The number of benzene rings is 4. The van der Waals surface area contributed by atoms with Gasteiger partial charge in [-0.05, 0) is 65.9 Å². The van der Waals surface area contributed by atoms with Gasteiger partial charge in [-0.3, -0.25) is 9.36 Å². The molecule has 2 heterocycles. The first kappa shape index (κ1) is 26.9. The summed E-state index contributed by atoms with van der Waals surface area (Å²) < 4.78 is 22.9. The lowest BCUT2D eigenvalue weighted by atomic mass is 9.83. The highest BCUT2D eigenvalue weighted by atomic mass is 35.5. The Bertz CT molecular complexity index is 2080. The van der Waals surface area contributed by atoms with Crippen molar-refractivity contribution in [2.45, 2.75) is 25.5 Å². The Labute approximate surface area is 255 Å². The monoisotopic (exact) mass is 612 g/mol. The Hall–Kier alpha value is -3.97. The summed E-state index contributed by atoms with van der Waals surface area (Å²) in [7, 11) is 0. The van der Waals surface area contributed by atoms with Crippen LogP contribution in [-0.4, -0.2) is 4.57 Å². The van der Waals surface area contributed by atoms with Gasteiger partial charge >= 0.3 is 0 Å². The Morgan fingerprint density at radius 1 is 0.976 bits per heavy atom. The number of hydrogen-bond donors (Lipinski definition) is 0. The smallest absolute Gasteiger partial charge is 0.271 e. The van der Waals surface area contributed by atoms with E-state index in [4.69, 9.17) is 32.9 Å². The molecule has 42 heavy (non-hydrogen) atoms. The van der Waals surface area contributed by atoms with E-state index in [0.29, 0.717) is 25.1 Å². The minimum absolute atomic E-state index is 0.172. The molecule has 8 heteroatoms. The van der Waals surface area contributed by atoms with Crippen molar-refractivity contribution in [1.29, 1.82) is 0 Å². The van der Waals surface area contributed by atoms with Gasteiger partial charge in [0, 0.05) is 26.7 Å². The summed E-state index contributed by atoms with van der Waals surface area (Å²) in [6.07, 6.45) is 3.41. The van der Waals surface area contributed by atoms with Crippen LogP contribution in [0, 0.1) is 5.82 Å². The second-order valence-corrected chi connectivity index (χ2v) is 12.1. The number of allylic oxidation sites excluding steroid dienone is 1. The summed E-state index contributed by atoms with van der Waals surface area (Å²) in [6, 6.07) is 27.1. The van der Waals surface area contributed by atoms with E-state index in [-0.39, 0.29) is 18.0 Å². The average Bonchev–Trinajstić information content (AvgIpc) is 3.30. The number of rotatable bonds is 5. The molecule has 4 aromatic carbocycles. The van der Waals surface area contributed by atoms with Crippen molar-refractivity contribution >= 4 is 46.3 Å². The van der Waals surface area contributed by atoms with E-state index in [2.05, 4.69) is 12.1 Å². The molecular formula is C34H23Cl2FN2O2S. The molecule has 1 aromatic heterocycles. The van der Waals surface area contributed by atoms with Crippen LogP contribution in [0.25, 0.3) is 11.8 Å². The highest BCUT2D eigenvalue weighted by molar-refractivity contribution is 7.07. The largest absolute Gasteiger partial charge is 0.488 e. The van der Waals surface area contributed by atoms with Crippen molar-refractivity contribution in [2.75, 3.05) is 0 Å². The lowest BCUT2D eigenvalue weighted by molar-refractivity contribution is 0.305. The summed E-state index contributed by atoms with van der Waals surface area (Å²) in [4.78, 5) is 19.7. The van der Waals surface area contributed by atoms with Gasteiger partial charge < -0.3 is 4.74 Å². The van der Waals surface area contributed by atoms with Gasteiger partial charge in [-0.25, -0.2) is 9.38 Å². The predicted molar refractivity (Wildman–Crippen MR) is 166 cm³/mol. The third-order valence-corrected chi connectivity index (χ3v) is 9.21. The van der Waals surface area contributed by atoms with Crippen molar-refractivity contribution in [3.05, 3.63) is 160 Å². The molecule has 0 amide bonds. The van der Waals surface area contributed by atoms with Crippen molar-refractivity contribution in [2.24, 2.45) is 4.99 Å². The molecule has 0 fully saturated rings. The van der Waals surface area contributed by atoms with E-state index in [0.717, 1.165) is 46.4 Å². The Morgan fingerprint density at radius 2 is 1.81 bits per heavy atom. The highest BCUT2D eigenvalue weighted by Crippen LogP contribution is 2.41. The second-order valence-electron chi connectivity index (χ2n) is 10.2. The number of hydrogen-bond acceptors (Lipinski definition) is 4.